The topological polar surface area (TPSA) is 49.7 Å². The summed E-state index contributed by atoms with van der Waals surface area (Å²) in [6.07, 6.45) is 0. The van der Waals surface area contributed by atoms with Crippen LogP contribution in [0.2, 0.25) is 0 Å². The lowest BCUT2D eigenvalue weighted by Crippen LogP contribution is -2.49. The molecule has 0 atom stereocenters. The quantitative estimate of drug-likeness (QED) is 0.839. The molecule has 0 bridgehead atoms. The van der Waals surface area contributed by atoms with Crippen molar-refractivity contribution < 1.29 is 14.9 Å². The Kier molecular flexibility index (Phi) is 3.81. The van der Waals surface area contributed by atoms with E-state index in [0.717, 1.165) is 16.2 Å². The number of hydrogen-bond acceptors (Lipinski definition) is 3. The second-order valence-electron chi connectivity index (χ2n) is 6.06. The molecule has 2 aromatic rings. The molecule has 0 spiro atoms. The molecule has 2 N–H and O–H groups in total. The Morgan fingerprint density at radius 2 is 1.70 bits per heavy atom. The SMILES string of the molecule is CC(C)(O)C(C)(C)O[B]c1cc(O)cc2ccccc12. The molecule has 20 heavy (non-hydrogen) atoms. The van der Waals surface area contributed by atoms with Crippen LogP contribution in [0.15, 0.2) is 36.4 Å². The first-order valence-electron chi connectivity index (χ1n) is 6.66. The summed E-state index contributed by atoms with van der Waals surface area (Å²) in [6.45, 7) is 7.08. The molecule has 0 saturated heterocycles. The van der Waals surface area contributed by atoms with E-state index in [2.05, 4.69) is 0 Å². The average Bonchev–Trinajstić information content (AvgIpc) is 2.34. The Bertz CT molecular complexity index is 615. The predicted molar refractivity (Wildman–Crippen MR) is 82.5 cm³/mol. The first-order valence-corrected chi connectivity index (χ1v) is 6.66. The lowest BCUT2D eigenvalue weighted by Gasteiger charge is -2.37. The van der Waals surface area contributed by atoms with Crippen LogP contribution in [-0.4, -0.2) is 28.9 Å². The molecule has 0 aliphatic heterocycles. The molecule has 4 heteroatoms. The minimum absolute atomic E-state index is 0.194. The van der Waals surface area contributed by atoms with Gasteiger partial charge in [-0.05, 0) is 56.1 Å². The van der Waals surface area contributed by atoms with Gasteiger partial charge in [0.1, 0.15) is 5.75 Å². The number of phenolic OH excluding ortho intramolecular Hbond substituents is 1. The Morgan fingerprint density at radius 3 is 2.35 bits per heavy atom. The van der Waals surface area contributed by atoms with Crippen molar-refractivity contribution in [1.29, 1.82) is 0 Å². The summed E-state index contributed by atoms with van der Waals surface area (Å²) in [5.41, 5.74) is -0.923. The van der Waals surface area contributed by atoms with Crippen LogP contribution < -0.4 is 5.46 Å². The van der Waals surface area contributed by atoms with Crippen LogP contribution in [0.3, 0.4) is 0 Å². The third-order valence-corrected chi connectivity index (χ3v) is 3.83. The fourth-order valence-electron chi connectivity index (χ4n) is 1.78. The van der Waals surface area contributed by atoms with E-state index >= 15 is 0 Å². The molecule has 0 amide bonds. The van der Waals surface area contributed by atoms with E-state index in [1.54, 1.807) is 33.5 Å². The fraction of sp³-hybridized carbons (Fsp3) is 0.375. The van der Waals surface area contributed by atoms with Crippen LogP contribution in [0.25, 0.3) is 10.8 Å². The van der Waals surface area contributed by atoms with Gasteiger partial charge in [0.2, 0.25) is 0 Å². The van der Waals surface area contributed by atoms with Crippen molar-refractivity contribution in [2.75, 3.05) is 0 Å². The minimum atomic E-state index is -0.976. The molecule has 0 unspecified atom stereocenters. The molecule has 0 aliphatic rings. The summed E-state index contributed by atoms with van der Waals surface area (Å²) in [5.74, 6) is 0.194. The minimum Gasteiger partial charge on any atom is -0.508 e. The van der Waals surface area contributed by atoms with Gasteiger partial charge < -0.3 is 14.9 Å². The Labute approximate surface area is 120 Å². The van der Waals surface area contributed by atoms with Gasteiger partial charge in [0.25, 0.3) is 0 Å². The monoisotopic (exact) mass is 271 g/mol. The standard InChI is InChI=1S/C16H20BO3/c1-15(2,19)16(3,4)20-17-14-10-12(18)9-11-7-5-6-8-13(11)14/h5-10,18-19H,1-4H3. The van der Waals surface area contributed by atoms with E-state index in [1.807, 2.05) is 38.1 Å². The number of hydrogen-bond donors (Lipinski definition) is 2. The summed E-state index contributed by atoms with van der Waals surface area (Å²) in [4.78, 5) is 0. The van der Waals surface area contributed by atoms with Crippen LogP contribution in [-0.2, 0) is 4.65 Å². The zero-order valence-corrected chi connectivity index (χ0v) is 12.3. The molecular formula is C16H20BO3. The second-order valence-corrected chi connectivity index (χ2v) is 6.06. The predicted octanol–water partition coefficient (Wildman–Crippen LogP) is 2.36. The average molecular weight is 271 g/mol. The van der Waals surface area contributed by atoms with Gasteiger partial charge in [-0.25, -0.2) is 0 Å². The number of rotatable bonds is 4. The van der Waals surface area contributed by atoms with Crippen molar-refractivity contribution in [1.82, 2.24) is 0 Å². The Balaban J connectivity index is 2.31. The van der Waals surface area contributed by atoms with Gasteiger partial charge in [-0.3, -0.25) is 0 Å². The molecule has 0 heterocycles. The van der Waals surface area contributed by atoms with E-state index in [9.17, 15) is 10.2 Å². The van der Waals surface area contributed by atoms with Crippen LogP contribution in [0, 0.1) is 0 Å². The molecule has 0 aromatic heterocycles. The molecule has 2 aromatic carbocycles. The summed E-state index contributed by atoms with van der Waals surface area (Å²) in [7, 11) is 1.60. The smallest absolute Gasteiger partial charge is 0.331 e. The number of phenols is 1. The van der Waals surface area contributed by atoms with Gasteiger partial charge in [0.15, 0.2) is 0 Å². The number of aliphatic hydroxyl groups is 1. The highest BCUT2D eigenvalue weighted by Gasteiger charge is 2.35. The van der Waals surface area contributed by atoms with Crippen molar-refractivity contribution in [3.05, 3.63) is 36.4 Å². The summed E-state index contributed by atoms with van der Waals surface area (Å²) in [5, 5.41) is 21.8. The molecule has 3 nitrogen and oxygen atoms in total. The Morgan fingerprint density at radius 1 is 1.05 bits per heavy atom. The molecule has 105 valence electrons. The lowest BCUT2D eigenvalue weighted by atomic mass is 9.80. The molecule has 1 radical (unpaired) electrons. The second kappa shape index (κ2) is 5.11. The summed E-state index contributed by atoms with van der Waals surface area (Å²) >= 11 is 0. The van der Waals surface area contributed by atoms with Gasteiger partial charge in [-0.15, -0.1) is 0 Å². The van der Waals surface area contributed by atoms with Gasteiger partial charge in [-0.1, -0.05) is 24.3 Å². The van der Waals surface area contributed by atoms with E-state index in [1.165, 1.54) is 0 Å². The van der Waals surface area contributed by atoms with Gasteiger partial charge in [-0.2, -0.15) is 0 Å². The first-order chi connectivity index (χ1) is 9.21. The third-order valence-electron chi connectivity index (χ3n) is 3.83. The lowest BCUT2D eigenvalue weighted by molar-refractivity contribution is -0.0893. The van der Waals surface area contributed by atoms with Crippen molar-refractivity contribution in [3.63, 3.8) is 0 Å². The largest absolute Gasteiger partial charge is 0.508 e. The molecule has 0 fully saturated rings. The molecule has 0 aliphatic carbocycles. The maximum Gasteiger partial charge on any atom is 0.331 e. The van der Waals surface area contributed by atoms with E-state index < -0.39 is 11.2 Å². The van der Waals surface area contributed by atoms with Crippen molar-refractivity contribution in [2.24, 2.45) is 0 Å². The van der Waals surface area contributed by atoms with Gasteiger partial charge >= 0.3 is 7.48 Å². The molecular weight excluding hydrogens is 251 g/mol. The van der Waals surface area contributed by atoms with E-state index in [0.29, 0.717) is 0 Å². The number of aromatic hydroxyl groups is 1. The number of fused-ring (bicyclic) bond motifs is 1. The first kappa shape index (κ1) is 14.9. The fourth-order valence-corrected chi connectivity index (χ4v) is 1.78. The van der Waals surface area contributed by atoms with Gasteiger partial charge in [0.05, 0.1) is 11.2 Å². The van der Waals surface area contributed by atoms with Crippen molar-refractivity contribution in [2.45, 2.75) is 38.9 Å². The normalized spacial score (nSPS) is 12.7. The van der Waals surface area contributed by atoms with E-state index in [4.69, 9.17) is 4.65 Å². The maximum atomic E-state index is 10.1. The number of benzene rings is 2. The van der Waals surface area contributed by atoms with Gasteiger partial charge in [0, 0.05) is 0 Å². The molecule has 0 saturated carbocycles. The van der Waals surface area contributed by atoms with Crippen molar-refractivity contribution in [3.8, 4) is 5.75 Å². The summed E-state index contributed by atoms with van der Waals surface area (Å²) in [6, 6.07) is 11.1. The highest BCUT2D eigenvalue weighted by Crippen LogP contribution is 2.25. The molecule has 2 rings (SSSR count). The van der Waals surface area contributed by atoms with Crippen LogP contribution in [0.1, 0.15) is 27.7 Å². The van der Waals surface area contributed by atoms with Crippen LogP contribution >= 0.6 is 0 Å². The van der Waals surface area contributed by atoms with Crippen LogP contribution in [0.5, 0.6) is 5.75 Å². The zero-order valence-electron chi connectivity index (χ0n) is 12.3. The Hall–Kier alpha value is -1.52. The highest BCUT2D eigenvalue weighted by atomic mass is 16.5. The van der Waals surface area contributed by atoms with E-state index in [-0.39, 0.29) is 5.75 Å². The maximum absolute atomic E-state index is 10.1. The summed E-state index contributed by atoms with van der Waals surface area (Å²) < 4.78 is 5.76. The van der Waals surface area contributed by atoms with Crippen molar-refractivity contribution >= 4 is 23.7 Å². The highest BCUT2D eigenvalue weighted by molar-refractivity contribution is 6.51. The third kappa shape index (κ3) is 2.97. The van der Waals surface area contributed by atoms with Crippen LogP contribution in [0.4, 0.5) is 0 Å². The zero-order chi connectivity index (χ0) is 15.0.